The zero-order valence-electron chi connectivity index (χ0n) is 22.2. The molecule has 3 aromatic rings. The van der Waals surface area contributed by atoms with Gasteiger partial charge in [-0.15, -0.1) is 0 Å². The van der Waals surface area contributed by atoms with E-state index in [0.29, 0.717) is 58.2 Å². The summed E-state index contributed by atoms with van der Waals surface area (Å²) in [5.41, 5.74) is 2.38. The molecule has 0 spiro atoms. The summed E-state index contributed by atoms with van der Waals surface area (Å²) >= 11 is 0. The molecule has 8 nitrogen and oxygen atoms in total. The van der Waals surface area contributed by atoms with E-state index in [1.807, 2.05) is 36.4 Å². The molecule has 0 unspecified atom stereocenters. The van der Waals surface area contributed by atoms with Crippen LogP contribution in [0.4, 0.5) is 0 Å². The zero-order valence-corrected chi connectivity index (χ0v) is 23.0. The normalized spacial score (nSPS) is 18.2. The Morgan fingerprint density at radius 1 is 0.769 bits per heavy atom. The van der Waals surface area contributed by atoms with Crippen molar-refractivity contribution in [1.29, 1.82) is 0 Å². The number of carbonyl (C=O) groups excluding carboxylic acids is 1. The first-order valence-electron chi connectivity index (χ1n) is 13.4. The van der Waals surface area contributed by atoms with Gasteiger partial charge < -0.3 is 14.4 Å². The monoisotopic (exact) mass is 549 g/mol. The average molecular weight is 550 g/mol. The summed E-state index contributed by atoms with van der Waals surface area (Å²) in [6.07, 6.45) is -0.666. The first-order chi connectivity index (χ1) is 18.9. The minimum absolute atomic E-state index is 0.0656. The Labute approximate surface area is 230 Å². The summed E-state index contributed by atoms with van der Waals surface area (Å²) < 4.78 is 39.6. The van der Waals surface area contributed by atoms with Gasteiger partial charge in [-0.05, 0) is 42.3 Å². The van der Waals surface area contributed by atoms with E-state index in [1.165, 1.54) is 11.1 Å². The molecule has 2 aliphatic rings. The van der Waals surface area contributed by atoms with E-state index in [9.17, 15) is 13.2 Å². The molecule has 2 aliphatic heterocycles. The van der Waals surface area contributed by atoms with Crippen LogP contribution in [0.15, 0.2) is 89.8 Å². The largest absolute Gasteiger partial charge is 0.481 e. The van der Waals surface area contributed by atoms with Crippen molar-refractivity contribution in [2.24, 2.45) is 0 Å². The first kappa shape index (κ1) is 27.3. The van der Waals surface area contributed by atoms with Crippen molar-refractivity contribution in [2.45, 2.75) is 24.0 Å². The molecule has 206 valence electrons. The number of nitrogens with zero attached hydrogens (tertiary/aromatic N) is 3. The SMILES string of the molecule is C[C@H](Oc1ccc(S(=O)(=O)N2CCN(C(c3ccccc3)c3ccccc3)CC2)cc1)C(=O)N1CCOCC1. The van der Waals surface area contributed by atoms with Crippen LogP contribution in [-0.2, 0) is 19.6 Å². The van der Waals surface area contributed by atoms with Gasteiger partial charge in [0, 0.05) is 39.3 Å². The molecule has 3 aromatic carbocycles. The fourth-order valence-electron chi connectivity index (χ4n) is 5.22. The van der Waals surface area contributed by atoms with Crippen LogP contribution in [0, 0.1) is 0 Å². The number of amides is 1. The average Bonchev–Trinajstić information content (AvgIpc) is 2.99. The third-order valence-corrected chi connectivity index (χ3v) is 9.23. The number of sulfonamides is 1. The van der Waals surface area contributed by atoms with E-state index < -0.39 is 16.1 Å². The van der Waals surface area contributed by atoms with Crippen LogP contribution in [0.1, 0.15) is 24.1 Å². The predicted molar refractivity (Wildman–Crippen MR) is 149 cm³/mol. The number of morpholine rings is 1. The maximum Gasteiger partial charge on any atom is 0.263 e. The standard InChI is InChI=1S/C30H35N3O5S/c1-24(30(34)32-20-22-37-23-21-32)38-27-12-14-28(15-13-27)39(35,36)33-18-16-31(17-19-33)29(25-8-4-2-5-9-25)26-10-6-3-7-11-26/h2-15,24,29H,16-23H2,1H3/t24-/m0/s1. The highest BCUT2D eigenvalue weighted by Gasteiger charge is 2.32. The molecule has 2 fully saturated rings. The second-order valence-corrected chi connectivity index (χ2v) is 11.8. The van der Waals surface area contributed by atoms with Crippen molar-refractivity contribution in [3.63, 3.8) is 0 Å². The van der Waals surface area contributed by atoms with Crippen LogP contribution >= 0.6 is 0 Å². The molecule has 9 heteroatoms. The number of rotatable bonds is 8. The third kappa shape index (κ3) is 6.33. The number of piperazine rings is 1. The Morgan fingerprint density at radius 3 is 1.85 bits per heavy atom. The van der Waals surface area contributed by atoms with Crippen LogP contribution in [-0.4, -0.2) is 87.0 Å². The molecule has 0 bridgehead atoms. The van der Waals surface area contributed by atoms with Gasteiger partial charge in [-0.25, -0.2) is 8.42 Å². The second kappa shape index (κ2) is 12.3. The number of hydrogen-bond donors (Lipinski definition) is 0. The molecule has 1 atom stereocenters. The Kier molecular flexibility index (Phi) is 8.62. The fraction of sp³-hybridized carbons (Fsp3) is 0.367. The van der Waals surface area contributed by atoms with Crippen molar-refractivity contribution in [2.75, 3.05) is 52.5 Å². The zero-order chi connectivity index (χ0) is 27.2. The molecule has 39 heavy (non-hydrogen) atoms. The third-order valence-electron chi connectivity index (χ3n) is 7.31. The van der Waals surface area contributed by atoms with Gasteiger partial charge >= 0.3 is 0 Å². The van der Waals surface area contributed by atoms with Gasteiger partial charge in [-0.2, -0.15) is 4.31 Å². The minimum atomic E-state index is -3.66. The Bertz CT molecular complexity index is 1280. The summed E-state index contributed by atoms with van der Waals surface area (Å²) in [5.74, 6) is 0.360. The summed E-state index contributed by atoms with van der Waals surface area (Å²) in [7, 11) is -3.66. The van der Waals surface area contributed by atoms with Gasteiger partial charge in [-0.1, -0.05) is 60.7 Å². The van der Waals surface area contributed by atoms with E-state index in [0.717, 1.165) is 0 Å². The number of ether oxygens (including phenoxy) is 2. The first-order valence-corrected chi connectivity index (χ1v) is 14.8. The van der Waals surface area contributed by atoms with Gasteiger partial charge in [0.1, 0.15) is 5.75 Å². The van der Waals surface area contributed by atoms with Crippen molar-refractivity contribution < 1.29 is 22.7 Å². The van der Waals surface area contributed by atoms with Crippen LogP contribution in [0.3, 0.4) is 0 Å². The topological polar surface area (TPSA) is 79.4 Å². The summed E-state index contributed by atoms with van der Waals surface area (Å²) in [6, 6.07) is 27.1. The highest BCUT2D eigenvalue weighted by molar-refractivity contribution is 7.89. The van der Waals surface area contributed by atoms with Crippen molar-refractivity contribution in [3.05, 3.63) is 96.1 Å². The van der Waals surface area contributed by atoms with Gasteiger partial charge in [0.15, 0.2) is 6.10 Å². The molecule has 1 amide bonds. The lowest BCUT2D eigenvalue weighted by Crippen LogP contribution is -2.49. The molecule has 5 rings (SSSR count). The van der Waals surface area contributed by atoms with E-state index in [1.54, 1.807) is 40.4 Å². The molecule has 0 aromatic heterocycles. The van der Waals surface area contributed by atoms with Gasteiger partial charge in [0.2, 0.25) is 10.0 Å². The van der Waals surface area contributed by atoms with Crippen molar-refractivity contribution >= 4 is 15.9 Å². The van der Waals surface area contributed by atoms with E-state index in [2.05, 4.69) is 29.2 Å². The van der Waals surface area contributed by atoms with Gasteiger partial charge in [0.25, 0.3) is 5.91 Å². The summed E-state index contributed by atoms with van der Waals surface area (Å²) in [5, 5.41) is 0. The molecule has 0 aliphatic carbocycles. The van der Waals surface area contributed by atoms with Crippen LogP contribution in [0.2, 0.25) is 0 Å². The van der Waals surface area contributed by atoms with E-state index >= 15 is 0 Å². The lowest BCUT2D eigenvalue weighted by atomic mass is 9.96. The molecular weight excluding hydrogens is 514 g/mol. The maximum absolute atomic E-state index is 13.4. The summed E-state index contributed by atoms with van der Waals surface area (Å²) in [4.78, 5) is 16.9. The van der Waals surface area contributed by atoms with Crippen molar-refractivity contribution in [1.82, 2.24) is 14.1 Å². The van der Waals surface area contributed by atoms with Gasteiger partial charge in [0.05, 0.1) is 24.2 Å². The molecule has 0 N–H and O–H groups in total. The van der Waals surface area contributed by atoms with Gasteiger partial charge in [-0.3, -0.25) is 9.69 Å². The van der Waals surface area contributed by atoms with Crippen molar-refractivity contribution in [3.8, 4) is 5.75 Å². The number of hydrogen-bond acceptors (Lipinski definition) is 6. The van der Waals surface area contributed by atoms with Crippen LogP contribution in [0.5, 0.6) is 5.75 Å². The highest BCUT2D eigenvalue weighted by Crippen LogP contribution is 2.30. The quantitative estimate of drug-likeness (QED) is 0.429. The molecule has 2 heterocycles. The molecular formula is C30H35N3O5S. The lowest BCUT2D eigenvalue weighted by Gasteiger charge is -2.39. The summed E-state index contributed by atoms with van der Waals surface area (Å²) in [6.45, 7) is 5.91. The lowest BCUT2D eigenvalue weighted by molar-refractivity contribution is -0.142. The predicted octanol–water partition coefficient (Wildman–Crippen LogP) is 3.41. The Hall–Kier alpha value is -3.24. The van der Waals surface area contributed by atoms with Crippen LogP contribution < -0.4 is 4.74 Å². The fourth-order valence-corrected chi connectivity index (χ4v) is 6.64. The Balaban J connectivity index is 1.22. The smallest absolute Gasteiger partial charge is 0.263 e. The van der Waals surface area contributed by atoms with Crippen LogP contribution in [0.25, 0.3) is 0 Å². The highest BCUT2D eigenvalue weighted by atomic mass is 32.2. The molecule has 2 saturated heterocycles. The molecule has 0 radical (unpaired) electrons. The number of benzene rings is 3. The molecule has 0 saturated carbocycles. The Morgan fingerprint density at radius 2 is 1.31 bits per heavy atom. The maximum atomic E-state index is 13.4. The number of carbonyl (C=O) groups is 1. The van der Waals surface area contributed by atoms with E-state index in [-0.39, 0.29) is 16.8 Å². The van der Waals surface area contributed by atoms with E-state index in [4.69, 9.17) is 9.47 Å². The minimum Gasteiger partial charge on any atom is -0.481 e. The second-order valence-electron chi connectivity index (χ2n) is 9.83.